The summed E-state index contributed by atoms with van der Waals surface area (Å²) in [5, 5.41) is 26.1. The van der Waals surface area contributed by atoms with Crippen molar-refractivity contribution in [3.05, 3.63) is 24.2 Å². The number of carbonyl (C=O) groups excluding carboxylic acids is 1. The van der Waals surface area contributed by atoms with Crippen LogP contribution in [-0.4, -0.2) is 57.1 Å². The van der Waals surface area contributed by atoms with Crippen molar-refractivity contribution in [2.24, 2.45) is 5.92 Å². The van der Waals surface area contributed by atoms with Crippen LogP contribution in [-0.2, 0) is 29.8 Å². The predicted molar refractivity (Wildman–Crippen MR) is 123 cm³/mol. The maximum atomic E-state index is 12.2. The fourth-order valence-corrected chi connectivity index (χ4v) is 3.99. The summed E-state index contributed by atoms with van der Waals surface area (Å²) >= 11 is 0. The van der Waals surface area contributed by atoms with Gasteiger partial charge in [0.1, 0.15) is 24.5 Å². The van der Waals surface area contributed by atoms with E-state index in [1.54, 1.807) is 10.6 Å². The highest BCUT2D eigenvalue weighted by atomic mass is 31.1. The Morgan fingerprint density at radius 3 is 2.76 bits per heavy atom. The summed E-state index contributed by atoms with van der Waals surface area (Å²) in [6.07, 6.45) is 3.14. The van der Waals surface area contributed by atoms with Crippen molar-refractivity contribution in [1.82, 2.24) is 19.7 Å². The van der Waals surface area contributed by atoms with Gasteiger partial charge in [-0.1, -0.05) is 31.8 Å². The van der Waals surface area contributed by atoms with Gasteiger partial charge in [0.2, 0.25) is 0 Å². The summed E-state index contributed by atoms with van der Waals surface area (Å²) in [6.45, 7) is 5.54. The molecule has 13 heteroatoms. The van der Waals surface area contributed by atoms with Crippen molar-refractivity contribution < 1.29 is 28.5 Å². The number of hydrogen-bond donors (Lipinski definition) is 3. The number of nitrogens with one attached hydrogen (secondary N) is 1. The first kappa shape index (κ1) is 27.4. The van der Waals surface area contributed by atoms with E-state index in [0.29, 0.717) is 24.4 Å². The van der Waals surface area contributed by atoms with Crippen LogP contribution in [0.15, 0.2) is 18.5 Å². The molecule has 2 aromatic rings. The molecule has 2 rings (SSSR count). The molecule has 0 bridgehead atoms. The number of aliphatic hydroxyl groups excluding tert-OH is 1. The normalized spacial score (nSPS) is 14.4. The molecule has 4 N–H and O–H groups in total. The summed E-state index contributed by atoms with van der Waals surface area (Å²) in [5.41, 5.74) is 7.25. The first-order valence-corrected chi connectivity index (χ1v) is 12.3. The van der Waals surface area contributed by atoms with E-state index in [-0.39, 0.29) is 18.9 Å². The Bertz CT molecular complexity index is 992. The van der Waals surface area contributed by atoms with Crippen molar-refractivity contribution in [3.63, 3.8) is 0 Å². The number of ether oxygens (including phenoxy) is 2. The highest BCUT2D eigenvalue weighted by molar-refractivity contribution is 7.36. The number of nitrogens with zero attached hydrogens (tertiary/aromatic N) is 4. The number of esters is 1. The average Bonchev–Trinajstić information content (AvgIpc) is 3.25. The van der Waals surface area contributed by atoms with Crippen LogP contribution in [0.4, 0.5) is 5.82 Å². The topological polar surface area (TPSA) is 174 Å². The molecule has 2 heterocycles. The number of rotatable bonds is 15. The molecule has 0 spiro atoms. The molecule has 1 unspecified atom stereocenters. The largest absolute Gasteiger partial charge is 0.613 e. The van der Waals surface area contributed by atoms with E-state index in [4.69, 9.17) is 25.0 Å². The second-order valence-corrected chi connectivity index (χ2v) is 8.87. The molecule has 0 saturated carbocycles. The van der Waals surface area contributed by atoms with Crippen LogP contribution in [0.25, 0.3) is 5.52 Å². The minimum atomic E-state index is -2.46. The molecule has 0 aliphatic carbocycles. The van der Waals surface area contributed by atoms with Crippen LogP contribution >= 0.6 is 8.18 Å². The van der Waals surface area contributed by atoms with Gasteiger partial charge < -0.3 is 20.3 Å². The number of fused-ring (bicyclic) bond motifs is 1. The lowest BCUT2D eigenvalue weighted by Gasteiger charge is -2.18. The molecule has 0 amide bonds. The van der Waals surface area contributed by atoms with Gasteiger partial charge in [0.25, 0.3) is 6.26 Å². The molecule has 0 aromatic carbocycles. The number of nitrogen functional groups attached to an aromatic ring is 1. The van der Waals surface area contributed by atoms with E-state index in [9.17, 15) is 14.5 Å². The Hall–Kier alpha value is -2.84. The van der Waals surface area contributed by atoms with Gasteiger partial charge in [-0.25, -0.2) is 9.50 Å². The Labute approximate surface area is 199 Å². The van der Waals surface area contributed by atoms with Gasteiger partial charge in [0.15, 0.2) is 11.9 Å². The predicted octanol–water partition coefficient (Wildman–Crippen LogP) is 2.10. The van der Waals surface area contributed by atoms with Crippen molar-refractivity contribution in [3.8, 4) is 6.26 Å². The Morgan fingerprint density at radius 1 is 1.35 bits per heavy atom. The van der Waals surface area contributed by atoms with Crippen LogP contribution in [0.3, 0.4) is 0 Å². The lowest BCUT2D eigenvalue weighted by atomic mass is 10.1. The van der Waals surface area contributed by atoms with E-state index in [2.05, 4.69) is 15.2 Å². The molecule has 0 saturated heterocycles. The van der Waals surface area contributed by atoms with Gasteiger partial charge in [0, 0.05) is 5.69 Å². The van der Waals surface area contributed by atoms with Gasteiger partial charge in [-0.15, -0.1) is 4.52 Å². The summed E-state index contributed by atoms with van der Waals surface area (Å²) < 4.78 is 29.2. The Morgan fingerprint density at radius 2 is 2.09 bits per heavy atom. The van der Waals surface area contributed by atoms with Crippen LogP contribution in [0, 0.1) is 17.4 Å². The molecule has 4 atom stereocenters. The molecule has 0 fully saturated rings. The third-order valence-corrected chi connectivity index (χ3v) is 6.50. The lowest BCUT2D eigenvalue weighted by Crippen LogP contribution is -2.34. The zero-order chi connectivity index (χ0) is 25.1. The van der Waals surface area contributed by atoms with Gasteiger partial charge in [-0.05, 0) is 42.4 Å². The van der Waals surface area contributed by atoms with E-state index in [0.717, 1.165) is 18.5 Å². The number of aliphatic hydroxyl groups is 1. The molecule has 2 aromatic heterocycles. The van der Waals surface area contributed by atoms with Crippen molar-refractivity contribution in [2.45, 2.75) is 64.7 Å². The molecule has 0 aliphatic heterocycles. The molecule has 186 valence electrons. The fraction of sp³-hybridized carbons (Fsp3) is 0.619. The van der Waals surface area contributed by atoms with Gasteiger partial charge in [0.05, 0.1) is 12.7 Å². The fourth-order valence-electron chi connectivity index (χ4n) is 3.21. The van der Waals surface area contributed by atoms with Gasteiger partial charge in [-0.3, -0.25) is 4.79 Å². The summed E-state index contributed by atoms with van der Waals surface area (Å²) in [4.78, 5) is 16.0. The Kier molecular flexibility index (Phi) is 11.1. The molecule has 0 aliphatic rings. The highest BCUT2D eigenvalue weighted by Crippen LogP contribution is 2.21. The van der Waals surface area contributed by atoms with Crippen molar-refractivity contribution in [2.75, 3.05) is 18.9 Å². The number of aryl methyl sites for hydroxylation is 1. The number of hydrogen-bond acceptors (Lipinski definition) is 10. The monoisotopic (exact) mass is 495 g/mol. The van der Waals surface area contributed by atoms with E-state index < -0.39 is 32.4 Å². The van der Waals surface area contributed by atoms with E-state index >= 15 is 0 Å². The third kappa shape index (κ3) is 7.88. The Balaban J connectivity index is 1.83. The molecular weight excluding hydrogens is 463 g/mol. The smallest absolute Gasteiger partial charge is 0.464 e. The lowest BCUT2D eigenvalue weighted by molar-refractivity contribution is -0.146. The van der Waals surface area contributed by atoms with Crippen LogP contribution in [0.5, 0.6) is 0 Å². The first-order chi connectivity index (χ1) is 16.3. The minimum absolute atomic E-state index is 0.217. The van der Waals surface area contributed by atoms with Crippen LogP contribution in [0.1, 0.15) is 45.7 Å². The molecule has 0 radical (unpaired) electrons. The summed E-state index contributed by atoms with van der Waals surface area (Å²) in [6, 6.07) is 2.74. The zero-order valence-electron chi connectivity index (χ0n) is 19.6. The first-order valence-electron chi connectivity index (χ1n) is 11.1. The number of nitrogens with two attached hydrogens (primary N) is 1. The van der Waals surface area contributed by atoms with Crippen LogP contribution < -0.4 is 10.8 Å². The molecular formula is C21H32N6O6P+. The van der Waals surface area contributed by atoms with Crippen molar-refractivity contribution >= 4 is 25.5 Å². The molecule has 34 heavy (non-hydrogen) atoms. The maximum Gasteiger partial charge on any atom is 0.613 e. The minimum Gasteiger partial charge on any atom is -0.464 e. The van der Waals surface area contributed by atoms with E-state index in [1.807, 2.05) is 19.9 Å². The van der Waals surface area contributed by atoms with Gasteiger partial charge >= 0.3 is 14.1 Å². The number of anilines is 1. The number of aromatic nitrogens is 3. The SMILES string of the molecule is CCC(CC)COC(=O)[C@H](C)N[P+](=O)OC[C@@H](OC#N)[C@@H](O)CCc1ccc2c(N)ncnn12. The van der Waals surface area contributed by atoms with Crippen LogP contribution in [0.2, 0.25) is 0 Å². The second kappa shape index (κ2) is 13.8. The van der Waals surface area contributed by atoms with Gasteiger partial charge in [-0.2, -0.15) is 10.4 Å². The van der Waals surface area contributed by atoms with E-state index in [1.165, 1.54) is 19.5 Å². The number of carbonyl (C=O) groups is 1. The van der Waals surface area contributed by atoms with Crippen molar-refractivity contribution in [1.29, 1.82) is 5.26 Å². The summed E-state index contributed by atoms with van der Waals surface area (Å²) in [5.74, 6) is 0.0829. The molecule has 12 nitrogen and oxygen atoms in total. The maximum absolute atomic E-state index is 12.2. The second-order valence-electron chi connectivity index (χ2n) is 7.84. The summed E-state index contributed by atoms with van der Waals surface area (Å²) in [7, 11) is -2.46. The standard InChI is InChI=1S/C21H32N6O6P/c1-4-15(5-2)10-31-21(29)14(3)26-34(30)33-11-19(32-12-22)18(28)9-7-16-6-8-17-20(23)24-13-25-27(16)17/h6,8,13-15,18-19,28H,4-5,7,9-11H2,1-3H3,(H,26,30)(H2,23,24,25)/q+1/t14-,18-,19+/m0/s1. The highest BCUT2D eigenvalue weighted by Gasteiger charge is 2.31. The average molecular weight is 495 g/mol. The number of nitriles is 1. The zero-order valence-corrected chi connectivity index (χ0v) is 20.5. The quantitative estimate of drug-likeness (QED) is 0.187. The third-order valence-electron chi connectivity index (χ3n) is 5.51.